The first-order valence-corrected chi connectivity index (χ1v) is 10.6. The molecule has 0 unspecified atom stereocenters. The fourth-order valence-corrected chi connectivity index (χ4v) is 4.60. The number of anilines is 1. The summed E-state index contributed by atoms with van der Waals surface area (Å²) < 4.78 is 6.27. The number of imide groups is 1. The second kappa shape index (κ2) is 8.51. The Morgan fingerprint density at radius 2 is 2.00 bits per heavy atom. The zero-order chi connectivity index (χ0) is 19.5. The van der Waals surface area contributed by atoms with Crippen LogP contribution in [0.4, 0.5) is 5.69 Å². The summed E-state index contributed by atoms with van der Waals surface area (Å²) in [5, 5.41) is 7.14. The molecule has 6 nitrogen and oxygen atoms in total. The quantitative estimate of drug-likeness (QED) is 0.527. The van der Waals surface area contributed by atoms with Gasteiger partial charge in [-0.25, -0.2) is 0 Å². The highest BCUT2D eigenvalue weighted by atomic mass is 35.5. The summed E-state index contributed by atoms with van der Waals surface area (Å²) >= 11 is 7.24. The summed E-state index contributed by atoms with van der Waals surface area (Å²) in [4.78, 5) is 27.1. The molecule has 0 radical (unpaired) electrons. The van der Waals surface area contributed by atoms with Crippen molar-refractivity contribution in [1.29, 1.82) is 0 Å². The number of ether oxygens (including phenoxy) is 1. The van der Waals surface area contributed by atoms with E-state index in [1.165, 1.54) is 16.2 Å². The lowest BCUT2D eigenvalue weighted by atomic mass is 9.94. The third-order valence-corrected chi connectivity index (χ3v) is 6.39. The molecule has 4 rings (SSSR count). The molecule has 2 aromatic rings. The van der Waals surface area contributed by atoms with E-state index >= 15 is 0 Å². The summed E-state index contributed by atoms with van der Waals surface area (Å²) in [5.74, 6) is 0.133. The van der Waals surface area contributed by atoms with Crippen LogP contribution >= 0.6 is 22.9 Å². The summed E-state index contributed by atoms with van der Waals surface area (Å²) in [6.07, 6.45) is 3.05. The molecule has 28 heavy (non-hydrogen) atoms. The SMILES string of the molecule is O=C1c2cccc(NCOc3ccc(Cl)s3)c2C(=O)N1CCC1CCNCC1. The molecule has 2 amide bonds. The van der Waals surface area contributed by atoms with Crippen LogP contribution in [0.15, 0.2) is 30.3 Å². The lowest BCUT2D eigenvalue weighted by molar-refractivity contribution is 0.0643. The lowest BCUT2D eigenvalue weighted by Crippen LogP contribution is -2.34. The van der Waals surface area contributed by atoms with Crippen LogP contribution in [-0.4, -0.2) is 43.1 Å². The maximum atomic E-state index is 12.9. The van der Waals surface area contributed by atoms with Crippen LogP contribution in [0.2, 0.25) is 4.34 Å². The number of benzene rings is 1. The van der Waals surface area contributed by atoms with E-state index in [-0.39, 0.29) is 18.5 Å². The molecule has 0 spiro atoms. The van der Waals surface area contributed by atoms with Crippen molar-refractivity contribution in [2.75, 3.05) is 31.7 Å². The minimum absolute atomic E-state index is 0.184. The van der Waals surface area contributed by atoms with Crippen LogP contribution < -0.4 is 15.4 Å². The van der Waals surface area contributed by atoms with Crippen LogP contribution in [0.25, 0.3) is 0 Å². The van der Waals surface area contributed by atoms with Gasteiger partial charge in [0, 0.05) is 6.54 Å². The number of thiophene rings is 1. The highest BCUT2D eigenvalue weighted by Gasteiger charge is 2.37. The van der Waals surface area contributed by atoms with E-state index in [4.69, 9.17) is 16.3 Å². The third kappa shape index (κ3) is 4.01. The maximum Gasteiger partial charge on any atom is 0.263 e. The first kappa shape index (κ1) is 19.2. The molecule has 2 aliphatic rings. The van der Waals surface area contributed by atoms with Crippen molar-refractivity contribution in [3.05, 3.63) is 45.8 Å². The first-order valence-electron chi connectivity index (χ1n) is 9.45. The number of carbonyl (C=O) groups excluding carboxylic acids is 2. The van der Waals surface area contributed by atoms with Gasteiger partial charge in [-0.1, -0.05) is 29.0 Å². The fraction of sp³-hybridized carbons (Fsp3) is 0.400. The van der Waals surface area contributed by atoms with Crippen LogP contribution in [0.3, 0.4) is 0 Å². The van der Waals surface area contributed by atoms with E-state index in [0.29, 0.717) is 38.7 Å². The summed E-state index contributed by atoms with van der Waals surface area (Å²) in [6.45, 7) is 2.68. The number of halogens is 1. The van der Waals surface area contributed by atoms with Crippen molar-refractivity contribution in [3.8, 4) is 5.06 Å². The standard InChI is InChI=1S/C20H22ClN3O3S/c21-16-4-5-17(28-16)27-12-23-15-3-1-2-14-18(15)20(26)24(19(14)25)11-8-13-6-9-22-10-7-13/h1-5,13,22-23H,6-12H2. The molecule has 1 aromatic carbocycles. The molecule has 0 atom stereocenters. The van der Waals surface area contributed by atoms with Crippen molar-refractivity contribution < 1.29 is 14.3 Å². The Kier molecular flexibility index (Phi) is 5.85. The summed E-state index contributed by atoms with van der Waals surface area (Å²) in [6, 6.07) is 8.85. The molecule has 0 aliphatic carbocycles. The second-order valence-corrected chi connectivity index (χ2v) is 8.67. The smallest absolute Gasteiger partial charge is 0.263 e. The highest BCUT2D eigenvalue weighted by Crippen LogP contribution is 2.31. The van der Waals surface area contributed by atoms with E-state index < -0.39 is 0 Å². The summed E-state index contributed by atoms with van der Waals surface area (Å²) in [5.41, 5.74) is 1.51. The minimum atomic E-state index is -0.226. The molecule has 0 bridgehead atoms. The zero-order valence-corrected chi connectivity index (χ0v) is 16.9. The minimum Gasteiger partial charge on any atom is -0.464 e. The number of carbonyl (C=O) groups is 2. The molecular formula is C20H22ClN3O3S. The zero-order valence-electron chi connectivity index (χ0n) is 15.4. The Labute approximate surface area is 172 Å². The van der Waals surface area contributed by atoms with E-state index in [0.717, 1.165) is 32.4 Å². The maximum absolute atomic E-state index is 12.9. The van der Waals surface area contributed by atoms with Crippen molar-refractivity contribution in [3.63, 3.8) is 0 Å². The van der Waals surface area contributed by atoms with Crippen LogP contribution in [-0.2, 0) is 0 Å². The topological polar surface area (TPSA) is 70.7 Å². The van der Waals surface area contributed by atoms with Gasteiger partial charge in [0.1, 0.15) is 0 Å². The third-order valence-electron chi connectivity index (χ3n) is 5.24. The Morgan fingerprint density at radius 1 is 1.18 bits per heavy atom. The van der Waals surface area contributed by atoms with Gasteiger partial charge < -0.3 is 15.4 Å². The van der Waals surface area contributed by atoms with E-state index in [1.54, 1.807) is 30.3 Å². The average molecular weight is 420 g/mol. The van der Waals surface area contributed by atoms with Crippen LogP contribution in [0.1, 0.15) is 40.0 Å². The van der Waals surface area contributed by atoms with Gasteiger partial charge in [-0.15, -0.1) is 0 Å². The Balaban J connectivity index is 1.41. The van der Waals surface area contributed by atoms with Gasteiger partial charge in [0.25, 0.3) is 11.8 Å². The molecule has 1 saturated heterocycles. The molecule has 1 fully saturated rings. The highest BCUT2D eigenvalue weighted by molar-refractivity contribution is 7.17. The molecule has 8 heteroatoms. The molecule has 148 valence electrons. The van der Waals surface area contributed by atoms with Gasteiger partial charge in [0.2, 0.25) is 0 Å². The summed E-state index contributed by atoms with van der Waals surface area (Å²) in [7, 11) is 0. The predicted octanol–water partition coefficient (Wildman–Crippen LogP) is 3.84. The van der Waals surface area contributed by atoms with Gasteiger partial charge in [-0.05, 0) is 62.5 Å². The normalized spacial score (nSPS) is 17.1. The molecule has 0 saturated carbocycles. The van der Waals surface area contributed by atoms with E-state index in [9.17, 15) is 9.59 Å². The first-order chi connectivity index (χ1) is 13.6. The Morgan fingerprint density at radius 3 is 2.75 bits per heavy atom. The number of fused-ring (bicyclic) bond motifs is 1. The van der Waals surface area contributed by atoms with Gasteiger partial charge in [0.05, 0.1) is 21.2 Å². The van der Waals surface area contributed by atoms with E-state index in [2.05, 4.69) is 10.6 Å². The predicted molar refractivity (Wildman–Crippen MR) is 110 cm³/mol. The number of rotatable bonds is 7. The Hall–Kier alpha value is -2.09. The van der Waals surface area contributed by atoms with Crippen molar-refractivity contribution >= 4 is 40.4 Å². The van der Waals surface area contributed by atoms with Crippen molar-refractivity contribution in [2.24, 2.45) is 5.92 Å². The molecule has 1 aromatic heterocycles. The van der Waals surface area contributed by atoms with Gasteiger partial charge in [0.15, 0.2) is 11.8 Å². The molecule has 2 N–H and O–H groups in total. The van der Waals surface area contributed by atoms with E-state index in [1.807, 2.05) is 0 Å². The van der Waals surface area contributed by atoms with Gasteiger partial charge >= 0.3 is 0 Å². The second-order valence-electron chi connectivity index (χ2n) is 7.00. The number of piperidine rings is 1. The number of hydrogen-bond acceptors (Lipinski definition) is 6. The number of nitrogens with zero attached hydrogens (tertiary/aromatic N) is 1. The largest absolute Gasteiger partial charge is 0.464 e. The van der Waals surface area contributed by atoms with Crippen LogP contribution in [0.5, 0.6) is 5.06 Å². The lowest BCUT2D eigenvalue weighted by Gasteiger charge is -2.24. The fourth-order valence-electron chi connectivity index (χ4n) is 3.73. The van der Waals surface area contributed by atoms with Crippen LogP contribution in [0, 0.1) is 5.92 Å². The molecular weight excluding hydrogens is 398 g/mol. The van der Waals surface area contributed by atoms with Crippen molar-refractivity contribution in [2.45, 2.75) is 19.3 Å². The average Bonchev–Trinajstić information content (AvgIpc) is 3.23. The molecule has 2 aliphatic heterocycles. The van der Waals surface area contributed by atoms with Gasteiger partial charge in [-0.3, -0.25) is 14.5 Å². The van der Waals surface area contributed by atoms with Gasteiger partial charge in [-0.2, -0.15) is 0 Å². The Bertz CT molecular complexity index is 879. The number of nitrogens with one attached hydrogen (secondary N) is 2. The van der Waals surface area contributed by atoms with Crippen molar-refractivity contribution in [1.82, 2.24) is 10.2 Å². The molecule has 3 heterocycles. The number of hydrogen-bond donors (Lipinski definition) is 2. The monoisotopic (exact) mass is 419 g/mol. The number of amides is 2.